The largest absolute Gasteiger partial charge is 0.464 e. The Kier molecular flexibility index (Phi) is 2.01. The van der Waals surface area contributed by atoms with Gasteiger partial charge < -0.3 is 9.58 Å². The normalized spacial score (nSPS) is 17.1. The van der Waals surface area contributed by atoms with Crippen LogP contribution in [0.2, 0.25) is 0 Å². The van der Waals surface area contributed by atoms with Crippen LogP contribution in [0.1, 0.15) is 28.3 Å². The Hall–Kier alpha value is -1.41. The van der Waals surface area contributed by atoms with Crippen LogP contribution in [0, 0.1) is 6.57 Å². The highest BCUT2D eigenvalue weighted by molar-refractivity contribution is 7.10. The summed E-state index contributed by atoms with van der Waals surface area (Å²) in [6.45, 7) is 7.04. The number of carbonyl (C=O) groups is 1. The number of hydrogen-bond acceptors (Lipinski definition) is 4. The Morgan fingerprint density at radius 3 is 3.00 bits per heavy atom. The molecule has 1 aliphatic rings. The number of aromatic nitrogens is 1. The molecule has 1 aliphatic carbocycles. The van der Waals surface area contributed by atoms with Gasteiger partial charge in [-0.05, 0) is 0 Å². The fourth-order valence-corrected chi connectivity index (χ4v) is 2.17. The van der Waals surface area contributed by atoms with E-state index in [4.69, 9.17) is 6.57 Å². The van der Waals surface area contributed by atoms with E-state index in [0.717, 1.165) is 17.8 Å². The van der Waals surface area contributed by atoms with Crippen LogP contribution in [-0.2, 0) is 10.3 Å². The van der Waals surface area contributed by atoms with Gasteiger partial charge in [0.2, 0.25) is 0 Å². The Morgan fingerprint density at radius 2 is 2.50 bits per heavy atom. The number of ether oxygens (including phenoxy) is 1. The molecule has 0 bridgehead atoms. The lowest BCUT2D eigenvalue weighted by atomic mass is 10.3. The average molecular weight is 208 g/mol. The van der Waals surface area contributed by atoms with Gasteiger partial charge in [0.15, 0.2) is 10.7 Å². The highest BCUT2D eigenvalue weighted by Crippen LogP contribution is 2.50. The first-order valence-corrected chi connectivity index (χ1v) is 5.03. The van der Waals surface area contributed by atoms with Gasteiger partial charge in [-0.15, -0.1) is 11.3 Å². The third-order valence-electron chi connectivity index (χ3n) is 2.23. The highest BCUT2D eigenvalue weighted by Gasteiger charge is 2.55. The molecule has 0 atom stereocenters. The molecule has 0 unspecified atom stereocenters. The molecule has 0 N–H and O–H groups in total. The van der Waals surface area contributed by atoms with Crippen LogP contribution < -0.4 is 0 Å². The predicted octanol–water partition coefficient (Wildman–Crippen LogP) is 1.84. The van der Waals surface area contributed by atoms with Crippen LogP contribution in [0.3, 0.4) is 0 Å². The molecule has 0 aliphatic heterocycles. The van der Waals surface area contributed by atoms with Gasteiger partial charge in [-0.2, -0.15) is 0 Å². The van der Waals surface area contributed by atoms with Gasteiger partial charge in [0.05, 0.1) is 7.11 Å². The predicted molar refractivity (Wildman–Crippen MR) is 51.0 cm³/mol. The molecule has 2 rings (SSSR count). The van der Waals surface area contributed by atoms with Gasteiger partial charge in [0.25, 0.3) is 5.54 Å². The summed E-state index contributed by atoms with van der Waals surface area (Å²) in [6, 6.07) is 0. The van der Waals surface area contributed by atoms with E-state index in [0.29, 0.717) is 5.69 Å². The monoisotopic (exact) mass is 208 g/mol. The van der Waals surface area contributed by atoms with Crippen LogP contribution in [0.5, 0.6) is 0 Å². The molecule has 1 heterocycles. The van der Waals surface area contributed by atoms with Crippen molar-refractivity contribution in [2.24, 2.45) is 0 Å². The Labute approximate surface area is 85.4 Å². The summed E-state index contributed by atoms with van der Waals surface area (Å²) in [6.07, 6.45) is 1.70. The first-order valence-electron chi connectivity index (χ1n) is 4.15. The molecule has 5 heteroatoms. The fourth-order valence-electron chi connectivity index (χ4n) is 1.18. The lowest BCUT2D eigenvalue weighted by Gasteiger charge is -1.94. The molecular weight excluding hydrogens is 200 g/mol. The van der Waals surface area contributed by atoms with E-state index in [1.807, 2.05) is 0 Å². The molecule has 1 aromatic rings. The maximum Gasteiger partial charge on any atom is 0.357 e. The highest BCUT2D eigenvalue weighted by atomic mass is 32.1. The minimum atomic E-state index is -0.437. The Bertz CT molecular complexity index is 415. The summed E-state index contributed by atoms with van der Waals surface area (Å²) >= 11 is 1.36. The zero-order valence-corrected chi connectivity index (χ0v) is 8.43. The van der Waals surface area contributed by atoms with Gasteiger partial charge in [-0.25, -0.2) is 16.4 Å². The van der Waals surface area contributed by atoms with Crippen molar-refractivity contribution in [3.8, 4) is 0 Å². The van der Waals surface area contributed by atoms with Crippen LogP contribution in [-0.4, -0.2) is 18.1 Å². The number of nitrogens with zero attached hydrogens (tertiary/aromatic N) is 2. The van der Waals surface area contributed by atoms with Gasteiger partial charge in [-0.3, -0.25) is 0 Å². The van der Waals surface area contributed by atoms with E-state index in [1.54, 1.807) is 5.38 Å². The first kappa shape index (κ1) is 9.16. The minimum Gasteiger partial charge on any atom is -0.464 e. The quantitative estimate of drug-likeness (QED) is 0.550. The van der Waals surface area contributed by atoms with Gasteiger partial charge in [0, 0.05) is 18.2 Å². The average Bonchev–Trinajstić information content (AvgIpc) is 2.87. The van der Waals surface area contributed by atoms with E-state index in [9.17, 15) is 4.79 Å². The molecule has 72 valence electrons. The lowest BCUT2D eigenvalue weighted by Crippen LogP contribution is -2.04. The molecule has 4 nitrogen and oxygen atoms in total. The molecule has 0 amide bonds. The van der Waals surface area contributed by atoms with Crippen molar-refractivity contribution in [3.63, 3.8) is 0 Å². The standard InChI is InChI=1S/C9H8N2O2S/c1-10-9(3-4-9)8-11-6(5-14-8)7(12)13-2/h5H,3-4H2,2H3. The molecule has 1 saturated carbocycles. The smallest absolute Gasteiger partial charge is 0.357 e. The van der Waals surface area contributed by atoms with Crippen molar-refractivity contribution < 1.29 is 9.53 Å². The van der Waals surface area contributed by atoms with Crippen LogP contribution in [0.25, 0.3) is 4.85 Å². The van der Waals surface area contributed by atoms with Crippen molar-refractivity contribution in [2.45, 2.75) is 18.4 Å². The molecule has 0 aromatic carbocycles. The molecule has 0 radical (unpaired) electrons. The second-order valence-corrected chi connectivity index (χ2v) is 4.03. The van der Waals surface area contributed by atoms with Gasteiger partial charge in [-0.1, -0.05) is 0 Å². The molecule has 0 spiro atoms. The van der Waals surface area contributed by atoms with Crippen molar-refractivity contribution in [1.29, 1.82) is 0 Å². The number of hydrogen-bond donors (Lipinski definition) is 0. The Balaban J connectivity index is 2.27. The SMILES string of the molecule is [C-]#[N+]C1(c2nc(C(=O)OC)cs2)CC1. The number of carbonyl (C=O) groups excluding carboxylic acids is 1. The van der Waals surface area contributed by atoms with E-state index >= 15 is 0 Å². The summed E-state index contributed by atoms with van der Waals surface area (Å²) in [5, 5.41) is 2.39. The summed E-state index contributed by atoms with van der Waals surface area (Å²) in [7, 11) is 1.32. The van der Waals surface area contributed by atoms with E-state index in [-0.39, 0.29) is 0 Å². The maximum absolute atomic E-state index is 11.1. The molecule has 1 fully saturated rings. The lowest BCUT2D eigenvalue weighted by molar-refractivity contribution is 0.0594. The van der Waals surface area contributed by atoms with Crippen molar-refractivity contribution in [1.82, 2.24) is 4.98 Å². The van der Waals surface area contributed by atoms with E-state index in [1.165, 1.54) is 18.4 Å². The summed E-state index contributed by atoms with van der Waals surface area (Å²) < 4.78 is 4.54. The molecule has 0 saturated heterocycles. The third-order valence-corrected chi connectivity index (χ3v) is 3.27. The zero-order chi connectivity index (χ0) is 10.2. The van der Waals surface area contributed by atoms with Crippen LogP contribution in [0.15, 0.2) is 5.38 Å². The molecule has 14 heavy (non-hydrogen) atoms. The van der Waals surface area contributed by atoms with Gasteiger partial charge >= 0.3 is 5.97 Å². The van der Waals surface area contributed by atoms with Crippen molar-refractivity contribution in [3.05, 3.63) is 27.5 Å². The van der Waals surface area contributed by atoms with Crippen LogP contribution >= 0.6 is 11.3 Å². The second kappa shape index (κ2) is 3.07. The summed E-state index contributed by atoms with van der Waals surface area (Å²) in [5.74, 6) is -0.437. The topological polar surface area (TPSA) is 43.5 Å². The van der Waals surface area contributed by atoms with E-state index < -0.39 is 11.5 Å². The van der Waals surface area contributed by atoms with Gasteiger partial charge in [0.1, 0.15) is 0 Å². The molecule has 1 aromatic heterocycles. The number of thiazole rings is 1. The van der Waals surface area contributed by atoms with Crippen molar-refractivity contribution >= 4 is 17.3 Å². The van der Waals surface area contributed by atoms with Crippen LogP contribution in [0.4, 0.5) is 0 Å². The number of esters is 1. The second-order valence-electron chi connectivity index (χ2n) is 3.17. The summed E-state index contributed by atoms with van der Waals surface area (Å²) in [4.78, 5) is 18.8. The number of rotatable bonds is 2. The van der Waals surface area contributed by atoms with E-state index in [2.05, 4.69) is 14.6 Å². The third kappa shape index (κ3) is 1.28. The zero-order valence-electron chi connectivity index (χ0n) is 7.61. The maximum atomic E-state index is 11.1. The van der Waals surface area contributed by atoms with Crippen molar-refractivity contribution in [2.75, 3.05) is 7.11 Å². The number of methoxy groups -OCH3 is 1. The minimum absolute atomic E-state index is 0.308. The molecular formula is C9H8N2O2S. The summed E-state index contributed by atoms with van der Waals surface area (Å²) in [5.41, 5.74) is -0.112. The first-order chi connectivity index (χ1) is 6.72. The fraction of sp³-hybridized carbons (Fsp3) is 0.444. The Morgan fingerprint density at radius 1 is 1.79 bits per heavy atom.